The Bertz CT molecular complexity index is 1060. The van der Waals surface area contributed by atoms with Gasteiger partial charge in [-0.1, -0.05) is 24.3 Å². The normalized spacial score (nSPS) is 15.7. The van der Waals surface area contributed by atoms with Crippen LogP contribution in [-0.2, 0) is 16.6 Å². The van der Waals surface area contributed by atoms with Gasteiger partial charge in [-0.3, -0.25) is 4.99 Å². The molecular weight excluding hydrogens is 527 g/mol. The van der Waals surface area contributed by atoms with Crippen LogP contribution in [0.5, 0.6) is 5.75 Å². The highest BCUT2D eigenvalue weighted by atomic mass is 127. The Balaban J connectivity index is 0.00000306. The number of hydrogen-bond donors (Lipinski definition) is 3. The number of fused-ring (bicyclic) bond motifs is 1. The minimum Gasteiger partial charge on any atom is -0.497 e. The van der Waals surface area contributed by atoms with Gasteiger partial charge in [0.1, 0.15) is 5.75 Å². The van der Waals surface area contributed by atoms with Gasteiger partial charge in [-0.05, 0) is 61.1 Å². The topological polar surface area (TPSA) is 70.7 Å². The second-order valence-corrected chi connectivity index (χ2v) is 8.59. The Morgan fingerprint density at radius 1 is 1.12 bits per heavy atom. The van der Waals surface area contributed by atoms with E-state index >= 15 is 0 Å². The maximum atomic E-state index is 5.67. The Morgan fingerprint density at radius 3 is 2.58 bits per heavy atom. The molecule has 0 radical (unpaired) electrons. The molecule has 0 aliphatic carbocycles. The van der Waals surface area contributed by atoms with E-state index in [4.69, 9.17) is 9.47 Å². The second kappa shape index (κ2) is 11.7. The fourth-order valence-electron chi connectivity index (χ4n) is 4.57. The fraction of sp³-hybridized carbons (Fsp3) is 0.423. The maximum Gasteiger partial charge on any atom is 0.191 e. The quantitative estimate of drug-likeness (QED) is 0.225. The van der Waals surface area contributed by atoms with E-state index in [0.717, 1.165) is 57.3 Å². The molecule has 1 fully saturated rings. The van der Waals surface area contributed by atoms with Gasteiger partial charge < -0.3 is 25.1 Å². The van der Waals surface area contributed by atoms with Crippen molar-refractivity contribution in [3.63, 3.8) is 0 Å². The molecule has 1 aromatic heterocycles. The number of nitrogens with one attached hydrogen (secondary N) is 3. The average molecular weight is 562 g/mol. The van der Waals surface area contributed by atoms with Crippen molar-refractivity contribution < 1.29 is 9.47 Å². The van der Waals surface area contributed by atoms with Gasteiger partial charge in [0, 0.05) is 55.9 Å². The van der Waals surface area contributed by atoms with Crippen LogP contribution in [0.2, 0.25) is 0 Å². The number of nitrogens with zero attached hydrogens (tertiary/aromatic N) is 1. The lowest BCUT2D eigenvalue weighted by Crippen LogP contribution is -2.48. The highest BCUT2D eigenvalue weighted by molar-refractivity contribution is 14.0. The summed E-state index contributed by atoms with van der Waals surface area (Å²) in [5, 5.41) is 8.35. The Morgan fingerprint density at radius 2 is 1.88 bits per heavy atom. The predicted molar refractivity (Wildman–Crippen MR) is 146 cm³/mol. The third kappa shape index (κ3) is 6.00. The van der Waals surface area contributed by atoms with Gasteiger partial charge >= 0.3 is 0 Å². The van der Waals surface area contributed by atoms with Crippen LogP contribution in [0.3, 0.4) is 0 Å². The van der Waals surface area contributed by atoms with Crippen LogP contribution in [0.25, 0.3) is 10.9 Å². The number of benzene rings is 2. The first-order valence-corrected chi connectivity index (χ1v) is 11.4. The van der Waals surface area contributed by atoms with Gasteiger partial charge in [-0.15, -0.1) is 24.0 Å². The molecule has 0 atom stereocenters. The molecular formula is C26H35IN4O2. The fourth-order valence-corrected chi connectivity index (χ4v) is 4.57. The van der Waals surface area contributed by atoms with Crippen LogP contribution in [-0.4, -0.2) is 51.4 Å². The molecule has 3 aromatic rings. The Kier molecular flexibility index (Phi) is 9.02. The number of halogens is 1. The van der Waals surface area contributed by atoms with Crippen LogP contribution in [0.4, 0.5) is 0 Å². The molecule has 1 aliphatic heterocycles. The van der Waals surface area contributed by atoms with Crippen molar-refractivity contribution in [1.82, 2.24) is 15.6 Å². The second-order valence-electron chi connectivity index (χ2n) is 8.59. The first-order valence-electron chi connectivity index (χ1n) is 11.4. The molecule has 0 amide bonds. The van der Waals surface area contributed by atoms with E-state index < -0.39 is 0 Å². The van der Waals surface area contributed by atoms with Crippen molar-refractivity contribution in [3.8, 4) is 5.75 Å². The highest BCUT2D eigenvalue weighted by Crippen LogP contribution is 2.35. The number of aryl methyl sites for hydroxylation is 1. The van der Waals surface area contributed by atoms with Crippen molar-refractivity contribution in [3.05, 3.63) is 65.4 Å². The maximum absolute atomic E-state index is 5.67. The third-order valence-corrected chi connectivity index (χ3v) is 6.58. The highest BCUT2D eigenvalue weighted by Gasteiger charge is 2.34. The smallest absolute Gasteiger partial charge is 0.191 e. The van der Waals surface area contributed by atoms with Gasteiger partial charge in [-0.2, -0.15) is 0 Å². The monoisotopic (exact) mass is 562 g/mol. The standard InChI is InChI=1S/C26H34N4O2.HI/c1-19-4-9-23-20(17-29-24(23)16-19)10-13-28-25(27-2)30-18-26(11-14-32-15-12-26)21-5-7-22(31-3)8-6-21;/h4-9,16-17,29H,10-15,18H2,1-3H3,(H2,27,28,30);1H. The molecule has 178 valence electrons. The predicted octanol–water partition coefficient (Wildman–Crippen LogP) is 4.56. The lowest BCUT2D eigenvalue weighted by Gasteiger charge is -2.38. The summed E-state index contributed by atoms with van der Waals surface area (Å²) in [7, 11) is 3.53. The molecule has 1 aliphatic rings. The van der Waals surface area contributed by atoms with E-state index in [1.807, 2.05) is 19.2 Å². The molecule has 3 N–H and O–H groups in total. The lowest BCUT2D eigenvalue weighted by molar-refractivity contribution is 0.0513. The summed E-state index contributed by atoms with van der Waals surface area (Å²) in [5.41, 5.74) is 5.13. The van der Waals surface area contributed by atoms with E-state index in [1.165, 1.54) is 27.6 Å². The molecule has 0 spiro atoms. The molecule has 0 bridgehead atoms. The summed E-state index contributed by atoms with van der Waals surface area (Å²) in [5.74, 6) is 1.72. The zero-order valence-corrected chi connectivity index (χ0v) is 22.1. The zero-order valence-electron chi connectivity index (χ0n) is 19.7. The molecule has 1 saturated heterocycles. The minimum absolute atomic E-state index is 0. The number of rotatable bonds is 7. The number of aromatic nitrogens is 1. The zero-order chi connectivity index (χ0) is 22.4. The summed E-state index contributed by atoms with van der Waals surface area (Å²) in [6, 6.07) is 15.0. The number of aliphatic imine (C=N–C) groups is 1. The van der Waals surface area contributed by atoms with E-state index in [-0.39, 0.29) is 29.4 Å². The average Bonchev–Trinajstić information content (AvgIpc) is 3.23. The summed E-state index contributed by atoms with van der Waals surface area (Å²) in [4.78, 5) is 7.84. The SMILES string of the molecule is CN=C(NCCc1c[nH]c2cc(C)ccc12)NCC1(c2ccc(OC)cc2)CCOCC1.I. The van der Waals surface area contributed by atoms with Gasteiger partial charge in [0.2, 0.25) is 0 Å². The molecule has 2 aromatic carbocycles. The third-order valence-electron chi connectivity index (χ3n) is 6.58. The largest absolute Gasteiger partial charge is 0.497 e. The van der Waals surface area contributed by atoms with E-state index in [9.17, 15) is 0 Å². The molecule has 7 heteroatoms. The Hall–Kier alpha value is -2.26. The number of aromatic amines is 1. The van der Waals surface area contributed by atoms with Gasteiger partial charge in [0.25, 0.3) is 0 Å². The molecule has 4 rings (SSSR count). The van der Waals surface area contributed by atoms with Crippen LogP contribution >= 0.6 is 24.0 Å². The summed E-state index contributed by atoms with van der Waals surface area (Å²) in [6.45, 7) is 5.31. The van der Waals surface area contributed by atoms with Gasteiger partial charge in [-0.25, -0.2) is 0 Å². The van der Waals surface area contributed by atoms with Crippen molar-refractivity contribution >= 4 is 40.8 Å². The number of ether oxygens (including phenoxy) is 2. The van der Waals surface area contributed by atoms with Crippen molar-refractivity contribution in [2.75, 3.05) is 40.5 Å². The van der Waals surface area contributed by atoms with Gasteiger partial charge in [0.15, 0.2) is 5.96 Å². The lowest BCUT2D eigenvalue weighted by atomic mass is 9.74. The number of methoxy groups -OCH3 is 1. The number of guanidine groups is 1. The first-order chi connectivity index (χ1) is 15.6. The molecule has 33 heavy (non-hydrogen) atoms. The van der Waals surface area contributed by atoms with Crippen LogP contribution in [0.15, 0.2) is 53.7 Å². The number of H-pyrrole nitrogens is 1. The summed E-state index contributed by atoms with van der Waals surface area (Å²) >= 11 is 0. The van der Waals surface area contributed by atoms with Crippen molar-refractivity contribution in [2.24, 2.45) is 4.99 Å². The number of hydrogen-bond acceptors (Lipinski definition) is 3. The summed E-state index contributed by atoms with van der Waals surface area (Å²) in [6.07, 6.45) is 5.01. The van der Waals surface area contributed by atoms with E-state index in [1.54, 1.807) is 7.11 Å². The summed E-state index contributed by atoms with van der Waals surface area (Å²) < 4.78 is 11.0. The van der Waals surface area contributed by atoms with Crippen LogP contribution in [0.1, 0.15) is 29.5 Å². The van der Waals surface area contributed by atoms with Crippen molar-refractivity contribution in [2.45, 2.75) is 31.6 Å². The Labute approximate surface area is 213 Å². The van der Waals surface area contributed by atoms with Crippen LogP contribution < -0.4 is 15.4 Å². The van der Waals surface area contributed by atoms with Crippen LogP contribution in [0, 0.1) is 6.92 Å². The van der Waals surface area contributed by atoms with E-state index in [0.29, 0.717) is 0 Å². The van der Waals surface area contributed by atoms with E-state index in [2.05, 4.69) is 64.1 Å². The first kappa shape index (κ1) is 25.4. The molecule has 6 nitrogen and oxygen atoms in total. The molecule has 2 heterocycles. The van der Waals surface area contributed by atoms with Crippen molar-refractivity contribution in [1.29, 1.82) is 0 Å². The molecule has 0 unspecified atom stereocenters. The minimum atomic E-state index is 0. The molecule has 0 saturated carbocycles. The van der Waals surface area contributed by atoms with Gasteiger partial charge in [0.05, 0.1) is 7.11 Å².